The number of hydrogen-bond donors (Lipinski definition) is 2. The first-order valence-corrected chi connectivity index (χ1v) is 6.91. The fraction of sp³-hybridized carbons (Fsp3) is 0.400. The molecule has 2 N–H and O–H groups in total. The zero-order chi connectivity index (χ0) is 15.6. The molecule has 0 aliphatic carbocycles. The van der Waals surface area contributed by atoms with Crippen LogP contribution in [0, 0.1) is 5.92 Å². The highest BCUT2D eigenvalue weighted by Gasteiger charge is 2.14. The molecular weight excluding hydrogens is 270 g/mol. The molecule has 0 saturated heterocycles. The van der Waals surface area contributed by atoms with Crippen LogP contribution in [-0.2, 0) is 11.3 Å². The Kier molecular flexibility index (Phi) is 4.26. The largest absolute Gasteiger partial charge is 0.352 e. The molecule has 0 bridgehead atoms. The summed E-state index contributed by atoms with van der Waals surface area (Å²) in [5, 5.41) is 3.23. The predicted molar refractivity (Wildman–Crippen MR) is 81.3 cm³/mol. The van der Waals surface area contributed by atoms with Crippen molar-refractivity contribution in [1.29, 1.82) is 0 Å². The van der Waals surface area contributed by atoms with Gasteiger partial charge in [-0.25, -0.2) is 4.79 Å². The smallest absolute Gasteiger partial charge is 0.329 e. The Balaban J connectivity index is 2.37. The Bertz CT molecular complexity index is 774. The van der Waals surface area contributed by atoms with Crippen LogP contribution >= 0.6 is 0 Å². The lowest BCUT2D eigenvalue weighted by Crippen LogP contribution is -2.41. The van der Waals surface area contributed by atoms with E-state index in [4.69, 9.17) is 0 Å². The van der Waals surface area contributed by atoms with Crippen LogP contribution in [0.2, 0.25) is 0 Å². The first-order chi connectivity index (χ1) is 9.90. The number of fused-ring (bicyclic) bond motifs is 1. The molecular formula is C15H19N3O3. The van der Waals surface area contributed by atoms with Gasteiger partial charge in [0.15, 0.2) is 0 Å². The summed E-state index contributed by atoms with van der Waals surface area (Å²) < 4.78 is 1.28. The lowest BCUT2D eigenvalue weighted by molar-refractivity contribution is -0.122. The van der Waals surface area contributed by atoms with Crippen molar-refractivity contribution in [2.45, 2.75) is 33.4 Å². The molecule has 112 valence electrons. The van der Waals surface area contributed by atoms with E-state index in [0.717, 1.165) is 0 Å². The summed E-state index contributed by atoms with van der Waals surface area (Å²) in [7, 11) is 0. The predicted octanol–water partition coefficient (Wildman–Crippen LogP) is 0.851. The maximum atomic E-state index is 12.0. The van der Waals surface area contributed by atoms with Crippen molar-refractivity contribution in [1.82, 2.24) is 14.9 Å². The third kappa shape index (κ3) is 3.21. The molecule has 0 fully saturated rings. The van der Waals surface area contributed by atoms with Gasteiger partial charge in [-0.2, -0.15) is 0 Å². The van der Waals surface area contributed by atoms with Crippen LogP contribution in [-0.4, -0.2) is 21.5 Å². The molecule has 0 saturated carbocycles. The summed E-state index contributed by atoms with van der Waals surface area (Å²) in [6, 6.07) is 6.74. The minimum absolute atomic E-state index is 0.0160. The Labute approximate surface area is 121 Å². The van der Waals surface area contributed by atoms with Crippen LogP contribution < -0.4 is 16.6 Å². The maximum absolute atomic E-state index is 12.0. The molecule has 1 atom stereocenters. The van der Waals surface area contributed by atoms with E-state index in [9.17, 15) is 14.4 Å². The standard InChI is InChI=1S/C15H19N3O3/c1-9(2)10(3)16-13(19)8-18-12-7-5-4-6-11(12)14(20)17-15(18)21/h4-7,9-10H,8H2,1-3H3,(H,16,19)(H,17,20,21). The van der Waals surface area contributed by atoms with E-state index in [-0.39, 0.29) is 18.5 Å². The van der Waals surface area contributed by atoms with E-state index in [2.05, 4.69) is 10.3 Å². The zero-order valence-electron chi connectivity index (χ0n) is 12.3. The first kappa shape index (κ1) is 15.0. The number of amides is 1. The molecule has 0 radical (unpaired) electrons. The van der Waals surface area contributed by atoms with Crippen LogP contribution in [0.1, 0.15) is 20.8 Å². The molecule has 6 nitrogen and oxygen atoms in total. The zero-order valence-corrected chi connectivity index (χ0v) is 12.3. The van der Waals surface area contributed by atoms with Crippen molar-refractivity contribution < 1.29 is 4.79 Å². The van der Waals surface area contributed by atoms with E-state index in [1.54, 1.807) is 24.3 Å². The lowest BCUT2D eigenvalue weighted by atomic mass is 10.1. The number of H-pyrrole nitrogens is 1. The number of nitrogens with one attached hydrogen (secondary N) is 2. The van der Waals surface area contributed by atoms with Gasteiger partial charge in [0.1, 0.15) is 6.54 Å². The maximum Gasteiger partial charge on any atom is 0.329 e. The molecule has 1 aromatic heterocycles. The molecule has 1 unspecified atom stereocenters. The minimum atomic E-state index is -0.578. The molecule has 21 heavy (non-hydrogen) atoms. The van der Waals surface area contributed by atoms with Crippen LogP contribution in [0.25, 0.3) is 10.9 Å². The fourth-order valence-electron chi connectivity index (χ4n) is 2.01. The van der Waals surface area contributed by atoms with Gasteiger partial charge in [0.2, 0.25) is 5.91 Å². The Hall–Kier alpha value is -2.37. The van der Waals surface area contributed by atoms with E-state index in [1.807, 2.05) is 20.8 Å². The molecule has 6 heteroatoms. The molecule has 2 aromatic rings. The van der Waals surface area contributed by atoms with Crippen LogP contribution in [0.4, 0.5) is 0 Å². The van der Waals surface area contributed by atoms with Gasteiger partial charge in [-0.05, 0) is 25.0 Å². The van der Waals surface area contributed by atoms with E-state index < -0.39 is 11.2 Å². The van der Waals surface area contributed by atoms with Crippen molar-refractivity contribution in [3.8, 4) is 0 Å². The molecule has 0 aliphatic heterocycles. The molecule has 1 heterocycles. The van der Waals surface area contributed by atoms with Gasteiger partial charge in [0, 0.05) is 6.04 Å². The van der Waals surface area contributed by atoms with Gasteiger partial charge in [0.05, 0.1) is 10.9 Å². The normalized spacial score (nSPS) is 12.6. The van der Waals surface area contributed by atoms with Gasteiger partial charge in [-0.3, -0.25) is 19.1 Å². The first-order valence-electron chi connectivity index (χ1n) is 6.91. The van der Waals surface area contributed by atoms with Gasteiger partial charge >= 0.3 is 5.69 Å². The third-order valence-electron chi connectivity index (χ3n) is 3.60. The highest BCUT2D eigenvalue weighted by Crippen LogP contribution is 2.06. The highest BCUT2D eigenvalue weighted by molar-refractivity contribution is 5.81. The number of benzene rings is 1. The summed E-state index contributed by atoms with van der Waals surface area (Å²) in [5.74, 6) is 0.0495. The van der Waals surface area contributed by atoms with E-state index in [0.29, 0.717) is 16.8 Å². The minimum Gasteiger partial charge on any atom is -0.352 e. The molecule has 0 spiro atoms. The van der Waals surface area contributed by atoms with Gasteiger partial charge < -0.3 is 5.32 Å². The van der Waals surface area contributed by atoms with Gasteiger partial charge in [-0.15, -0.1) is 0 Å². The van der Waals surface area contributed by atoms with Gasteiger partial charge in [0.25, 0.3) is 5.56 Å². The Morgan fingerprint density at radius 1 is 1.24 bits per heavy atom. The van der Waals surface area contributed by atoms with E-state index >= 15 is 0 Å². The number of nitrogens with zero attached hydrogens (tertiary/aromatic N) is 1. The molecule has 1 aromatic carbocycles. The average molecular weight is 289 g/mol. The number of aromatic amines is 1. The number of para-hydroxylation sites is 1. The second kappa shape index (κ2) is 5.95. The number of aromatic nitrogens is 2. The summed E-state index contributed by atoms with van der Waals surface area (Å²) in [6.07, 6.45) is 0. The molecule has 2 rings (SSSR count). The number of carbonyl (C=O) groups excluding carboxylic acids is 1. The Morgan fingerprint density at radius 2 is 1.90 bits per heavy atom. The SMILES string of the molecule is CC(C)C(C)NC(=O)Cn1c(=O)[nH]c(=O)c2ccccc21. The van der Waals surface area contributed by atoms with Crippen molar-refractivity contribution in [3.63, 3.8) is 0 Å². The van der Waals surface area contributed by atoms with Gasteiger partial charge in [-0.1, -0.05) is 26.0 Å². The van der Waals surface area contributed by atoms with Crippen LogP contribution in [0.5, 0.6) is 0 Å². The number of hydrogen-bond acceptors (Lipinski definition) is 3. The Morgan fingerprint density at radius 3 is 2.57 bits per heavy atom. The van der Waals surface area contributed by atoms with Crippen molar-refractivity contribution >= 4 is 16.8 Å². The third-order valence-corrected chi connectivity index (χ3v) is 3.60. The number of carbonyl (C=O) groups is 1. The van der Waals surface area contributed by atoms with E-state index in [1.165, 1.54) is 4.57 Å². The fourth-order valence-corrected chi connectivity index (χ4v) is 2.01. The molecule has 1 amide bonds. The topological polar surface area (TPSA) is 84.0 Å². The summed E-state index contributed by atoms with van der Waals surface area (Å²) >= 11 is 0. The number of rotatable bonds is 4. The monoisotopic (exact) mass is 289 g/mol. The van der Waals surface area contributed by atoms with Crippen molar-refractivity contribution in [3.05, 3.63) is 45.1 Å². The van der Waals surface area contributed by atoms with Crippen LogP contribution in [0.15, 0.2) is 33.9 Å². The second-order valence-corrected chi connectivity index (χ2v) is 5.46. The highest BCUT2D eigenvalue weighted by atomic mass is 16.2. The summed E-state index contributed by atoms with van der Waals surface area (Å²) in [5.41, 5.74) is -0.563. The summed E-state index contributed by atoms with van der Waals surface area (Å²) in [6.45, 7) is 5.81. The summed E-state index contributed by atoms with van der Waals surface area (Å²) in [4.78, 5) is 38.0. The quantitative estimate of drug-likeness (QED) is 0.875. The van der Waals surface area contributed by atoms with Crippen LogP contribution in [0.3, 0.4) is 0 Å². The van der Waals surface area contributed by atoms with Crippen molar-refractivity contribution in [2.75, 3.05) is 0 Å². The average Bonchev–Trinajstić information content (AvgIpc) is 2.43. The lowest BCUT2D eigenvalue weighted by Gasteiger charge is -2.18. The molecule has 0 aliphatic rings. The van der Waals surface area contributed by atoms with Crippen molar-refractivity contribution in [2.24, 2.45) is 5.92 Å². The second-order valence-electron chi connectivity index (χ2n) is 5.46.